The molecule has 0 aliphatic heterocycles. The second-order valence-corrected chi connectivity index (χ2v) is 6.77. The molecule has 5 nitrogen and oxygen atoms in total. The summed E-state index contributed by atoms with van der Waals surface area (Å²) in [7, 11) is 1.62. The van der Waals surface area contributed by atoms with Crippen molar-refractivity contribution < 1.29 is 14.3 Å². The van der Waals surface area contributed by atoms with Gasteiger partial charge in [0, 0.05) is 36.5 Å². The fourth-order valence-corrected chi connectivity index (χ4v) is 3.27. The molecule has 1 heterocycles. The van der Waals surface area contributed by atoms with Gasteiger partial charge < -0.3 is 14.4 Å². The van der Waals surface area contributed by atoms with Crippen molar-refractivity contribution in [2.75, 3.05) is 13.7 Å². The van der Waals surface area contributed by atoms with Crippen molar-refractivity contribution in [2.24, 2.45) is 0 Å². The van der Waals surface area contributed by atoms with Gasteiger partial charge in [-0.05, 0) is 37.3 Å². The lowest BCUT2D eigenvalue weighted by molar-refractivity contribution is -0.130. The number of fused-ring (bicyclic) bond motifs is 1. The Morgan fingerprint density at radius 3 is 2.57 bits per heavy atom. The second-order valence-electron chi connectivity index (χ2n) is 6.41. The van der Waals surface area contributed by atoms with Crippen LogP contribution in [0.25, 0.3) is 10.9 Å². The Kier molecular flexibility index (Phi) is 6.37. The number of ether oxygens (including phenoxy) is 2. The summed E-state index contributed by atoms with van der Waals surface area (Å²) in [6.07, 6.45) is 0. The Morgan fingerprint density at radius 1 is 1.11 bits per heavy atom. The number of aromatic nitrogens is 1. The van der Waals surface area contributed by atoms with Gasteiger partial charge in [-0.1, -0.05) is 29.8 Å². The SMILES string of the molecule is CCOc1ccc2nc(Cl)c(CN(Cc3ccccc3OC)C(C)=O)cc2c1. The van der Waals surface area contributed by atoms with Crippen molar-refractivity contribution in [1.82, 2.24) is 9.88 Å². The van der Waals surface area contributed by atoms with Gasteiger partial charge in [0.2, 0.25) is 5.91 Å². The van der Waals surface area contributed by atoms with Crippen LogP contribution < -0.4 is 9.47 Å². The van der Waals surface area contributed by atoms with Crippen LogP contribution in [0.15, 0.2) is 48.5 Å². The Labute approximate surface area is 169 Å². The van der Waals surface area contributed by atoms with E-state index in [1.54, 1.807) is 18.9 Å². The molecule has 0 N–H and O–H groups in total. The Morgan fingerprint density at radius 2 is 1.86 bits per heavy atom. The van der Waals surface area contributed by atoms with E-state index < -0.39 is 0 Å². The van der Waals surface area contributed by atoms with E-state index in [9.17, 15) is 4.79 Å². The van der Waals surface area contributed by atoms with E-state index in [2.05, 4.69) is 4.98 Å². The molecule has 0 atom stereocenters. The molecule has 28 heavy (non-hydrogen) atoms. The second kappa shape index (κ2) is 8.93. The Bertz CT molecular complexity index is 991. The summed E-state index contributed by atoms with van der Waals surface area (Å²) in [6, 6.07) is 15.3. The number of hydrogen-bond acceptors (Lipinski definition) is 4. The number of nitrogens with zero attached hydrogens (tertiary/aromatic N) is 2. The lowest BCUT2D eigenvalue weighted by Crippen LogP contribution is -2.28. The fourth-order valence-electron chi connectivity index (χ4n) is 3.07. The van der Waals surface area contributed by atoms with E-state index in [0.29, 0.717) is 24.8 Å². The van der Waals surface area contributed by atoms with Gasteiger partial charge in [0.25, 0.3) is 0 Å². The number of benzene rings is 2. The molecule has 3 aromatic rings. The molecular weight excluding hydrogens is 376 g/mol. The van der Waals surface area contributed by atoms with Crippen LogP contribution in [-0.4, -0.2) is 29.5 Å². The first kappa shape index (κ1) is 20.0. The van der Waals surface area contributed by atoms with Gasteiger partial charge >= 0.3 is 0 Å². The van der Waals surface area contributed by atoms with Crippen LogP contribution in [0.2, 0.25) is 5.15 Å². The number of halogens is 1. The highest BCUT2D eigenvalue weighted by Gasteiger charge is 2.16. The lowest BCUT2D eigenvalue weighted by atomic mass is 10.1. The highest BCUT2D eigenvalue weighted by molar-refractivity contribution is 6.30. The van der Waals surface area contributed by atoms with E-state index in [1.807, 2.05) is 55.5 Å². The number of methoxy groups -OCH3 is 1. The van der Waals surface area contributed by atoms with Crippen molar-refractivity contribution in [3.8, 4) is 11.5 Å². The van der Waals surface area contributed by atoms with Crippen LogP contribution in [0.3, 0.4) is 0 Å². The number of rotatable bonds is 7. The molecule has 0 radical (unpaired) electrons. The van der Waals surface area contributed by atoms with Crippen LogP contribution >= 0.6 is 11.6 Å². The van der Waals surface area contributed by atoms with E-state index in [-0.39, 0.29) is 5.91 Å². The summed E-state index contributed by atoms with van der Waals surface area (Å²) in [6.45, 7) is 4.86. The molecule has 0 fully saturated rings. The van der Waals surface area contributed by atoms with E-state index in [1.165, 1.54) is 0 Å². The molecular formula is C22H23ClN2O3. The van der Waals surface area contributed by atoms with Crippen LogP contribution in [0.5, 0.6) is 11.5 Å². The van der Waals surface area contributed by atoms with Crippen LogP contribution in [0.1, 0.15) is 25.0 Å². The zero-order chi connectivity index (χ0) is 20.1. The minimum absolute atomic E-state index is 0.0508. The fraction of sp³-hybridized carbons (Fsp3) is 0.273. The largest absolute Gasteiger partial charge is 0.496 e. The first-order valence-electron chi connectivity index (χ1n) is 9.11. The lowest BCUT2D eigenvalue weighted by Gasteiger charge is -2.23. The maximum absolute atomic E-state index is 12.3. The van der Waals surface area contributed by atoms with Crippen LogP contribution in [0, 0.1) is 0 Å². The Balaban J connectivity index is 1.90. The summed E-state index contributed by atoms with van der Waals surface area (Å²) in [5.41, 5.74) is 2.51. The minimum Gasteiger partial charge on any atom is -0.496 e. The molecule has 2 aromatic carbocycles. The van der Waals surface area contributed by atoms with Gasteiger partial charge in [0.05, 0.1) is 19.2 Å². The van der Waals surface area contributed by atoms with E-state index in [4.69, 9.17) is 21.1 Å². The number of carbonyl (C=O) groups excluding carboxylic acids is 1. The zero-order valence-electron chi connectivity index (χ0n) is 16.2. The van der Waals surface area contributed by atoms with Gasteiger partial charge in [-0.2, -0.15) is 0 Å². The van der Waals surface area contributed by atoms with Gasteiger partial charge in [-0.25, -0.2) is 4.98 Å². The quantitative estimate of drug-likeness (QED) is 0.534. The van der Waals surface area contributed by atoms with Crippen LogP contribution in [-0.2, 0) is 17.9 Å². The molecule has 1 amide bonds. The molecule has 0 aliphatic carbocycles. The monoisotopic (exact) mass is 398 g/mol. The standard InChI is InChI=1S/C22H23ClN2O3/c1-4-28-19-9-10-20-17(12-19)11-18(22(23)24-20)14-25(15(2)26)13-16-7-5-6-8-21(16)27-3/h5-12H,4,13-14H2,1-3H3. The third kappa shape index (κ3) is 4.54. The van der Waals surface area contributed by atoms with Crippen LogP contribution in [0.4, 0.5) is 0 Å². The Hall–Kier alpha value is -2.79. The number of amides is 1. The summed E-state index contributed by atoms with van der Waals surface area (Å²) in [5, 5.41) is 1.31. The van der Waals surface area contributed by atoms with Crippen molar-refractivity contribution >= 4 is 28.4 Å². The maximum Gasteiger partial charge on any atom is 0.220 e. The highest BCUT2D eigenvalue weighted by atomic mass is 35.5. The van der Waals surface area contributed by atoms with E-state index in [0.717, 1.165) is 33.5 Å². The minimum atomic E-state index is -0.0508. The topological polar surface area (TPSA) is 51.7 Å². The molecule has 3 rings (SSSR count). The average Bonchev–Trinajstić information content (AvgIpc) is 2.68. The third-order valence-electron chi connectivity index (χ3n) is 4.48. The van der Waals surface area contributed by atoms with Crippen molar-refractivity contribution in [1.29, 1.82) is 0 Å². The van der Waals surface area contributed by atoms with E-state index >= 15 is 0 Å². The summed E-state index contributed by atoms with van der Waals surface area (Å²) in [5.74, 6) is 1.48. The maximum atomic E-state index is 12.3. The van der Waals surface area contributed by atoms with Gasteiger partial charge in [-0.3, -0.25) is 4.79 Å². The van der Waals surface area contributed by atoms with Gasteiger partial charge in [0.1, 0.15) is 16.7 Å². The van der Waals surface area contributed by atoms with Gasteiger partial charge in [-0.15, -0.1) is 0 Å². The number of pyridine rings is 1. The molecule has 1 aromatic heterocycles. The molecule has 0 bridgehead atoms. The summed E-state index contributed by atoms with van der Waals surface area (Å²) in [4.78, 5) is 18.5. The first-order valence-corrected chi connectivity index (χ1v) is 9.49. The van der Waals surface area contributed by atoms with Gasteiger partial charge in [0.15, 0.2) is 0 Å². The molecule has 0 unspecified atom stereocenters. The number of hydrogen-bond donors (Lipinski definition) is 0. The smallest absolute Gasteiger partial charge is 0.220 e. The predicted molar refractivity (Wildman–Crippen MR) is 111 cm³/mol. The highest BCUT2D eigenvalue weighted by Crippen LogP contribution is 2.27. The van der Waals surface area contributed by atoms with Crippen molar-refractivity contribution in [3.63, 3.8) is 0 Å². The molecule has 0 aliphatic rings. The number of carbonyl (C=O) groups is 1. The molecule has 0 saturated heterocycles. The first-order chi connectivity index (χ1) is 13.5. The molecule has 6 heteroatoms. The summed E-state index contributed by atoms with van der Waals surface area (Å²) < 4.78 is 11.0. The molecule has 0 saturated carbocycles. The average molecular weight is 399 g/mol. The normalized spacial score (nSPS) is 10.7. The zero-order valence-corrected chi connectivity index (χ0v) is 17.0. The summed E-state index contributed by atoms with van der Waals surface area (Å²) >= 11 is 6.41. The number of para-hydroxylation sites is 1. The van der Waals surface area contributed by atoms with Crippen molar-refractivity contribution in [3.05, 3.63) is 64.8 Å². The third-order valence-corrected chi connectivity index (χ3v) is 4.81. The predicted octanol–water partition coefficient (Wildman–Crippen LogP) is 4.84. The molecule has 0 spiro atoms. The van der Waals surface area contributed by atoms with Crippen molar-refractivity contribution in [2.45, 2.75) is 26.9 Å². The molecule has 146 valence electrons.